The maximum absolute atomic E-state index is 12.7. The highest BCUT2D eigenvalue weighted by Gasteiger charge is 2.30. The fraction of sp³-hybridized carbons (Fsp3) is 0.500. The number of carbonyl (C=O) groups excluding carboxylic acids is 1. The number of amidine groups is 1. The quantitative estimate of drug-likeness (QED) is 0.395. The third-order valence-corrected chi connectivity index (χ3v) is 3.59. The van der Waals surface area contributed by atoms with Crippen LogP contribution in [0.15, 0.2) is 29.4 Å². The Morgan fingerprint density at radius 2 is 2.00 bits per heavy atom. The van der Waals surface area contributed by atoms with Crippen molar-refractivity contribution in [3.05, 3.63) is 29.8 Å². The van der Waals surface area contributed by atoms with Crippen molar-refractivity contribution >= 4 is 17.5 Å². The number of piperidine rings is 1. The molecule has 8 heteroatoms. The van der Waals surface area contributed by atoms with Crippen LogP contribution >= 0.6 is 0 Å². The Morgan fingerprint density at radius 1 is 1.29 bits per heavy atom. The summed E-state index contributed by atoms with van der Waals surface area (Å²) in [5, 5.41) is 4.01. The highest BCUT2D eigenvalue weighted by atomic mass is 19.4. The van der Waals surface area contributed by atoms with E-state index in [1.54, 1.807) is 11.8 Å². The number of benzene rings is 1. The molecule has 1 aromatic rings. The lowest BCUT2D eigenvalue weighted by molar-refractivity contribution is -0.138. The normalized spacial score (nSPS) is 16.0. The molecule has 1 aliphatic rings. The van der Waals surface area contributed by atoms with Gasteiger partial charge in [-0.05, 0) is 44.4 Å². The first-order valence-corrected chi connectivity index (χ1v) is 7.85. The minimum absolute atomic E-state index is 0.0916. The Hall–Kier alpha value is -2.25. The van der Waals surface area contributed by atoms with E-state index in [4.69, 9.17) is 4.74 Å². The van der Waals surface area contributed by atoms with Crippen LogP contribution in [0.4, 0.5) is 18.9 Å². The molecule has 0 aliphatic carbocycles. The lowest BCUT2D eigenvalue weighted by Crippen LogP contribution is -2.41. The summed E-state index contributed by atoms with van der Waals surface area (Å²) in [4.78, 5) is 13.9. The van der Waals surface area contributed by atoms with Gasteiger partial charge in [0.2, 0.25) is 5.84 Å². The molecule has 0 unspecified atom stereocenters. The third kappa shape index (κ3) is 4.87. The molecule has 0 radical (unpaired) electrons. The van der Waals surface area contributed by atoms with Gasteiger partial charge in [-0.2, -0.15) is 13.2 Å². The first-order valence-electron chi connectivity index (χ1n) is 7.85. The first kappa shape index (κ1) is 18.1. The van der Waals surface area contributed by atoms with Crippen LogP contribution in [0.3, 0.4) is 0 Å². The van der Waals surface area contributed by atoms with Gasteiger partial charge in [-0.25, -0.2) is 4.79 Å². The zero-order chi connectivity index (χ0) is 17.6. The number of anilines is 1. The number of alkyl halides is 3. The Labute approximate surface area is 138 Å². The molecular formula is C16H20F3N3O2. The maximum Gasteiger partial charge on any atom is 0.416 e. The van der Waals surface area contributed by atoms with Crippen LogP contribution in [0.5, 0.6) is 0 Å². The second kappa shape index (κ2) is 8.03. The van der Waals surface area contributed by atoms with Crippen LogP contribution in [0, 0.1) is 0 Å². The fourth-order valence-corrected chi connectivity index (χ4v) is 2.43. The number of esters is 1. The largest absolute Gasteiger partial charge is 0.460 e. The van der Waals surface area contributed by atoms with E-state index in [1.165, 1.54) is 12.1 Å². The number of hydrogen-bond acceptors (Lipinski definition) is 4. The van der Waals surface area contributed by atoms with Crippen molar-refractivity contribution in [3.63, 3.8) is 0 Å². The lowest BCUT2D eigenvalue weighted by Gasteiger charge is -2.28. The van der Waals surface area contributed by atoms with E-state index in [9.17, 15) is 18.0 Å². The summed E-state index contributed by atoms with van der Waals surface area (Å²) >= 11 is 0. The van der Waals surface area contributed by atoms with Gasteiger partial charge in [-0.1, -0.05) is 6.07 Å². The average Bonchev–Trinajstić information content (AvgIpc) is 2.56. The number of carbonyl (C=O) groups is 1. The van der Waals surface area contributed by atoms with Crippen LogP contribution in [-0.2, 0) is 15.7 Å². The number of likely N-dealkylation sites (tertiary alicyclic amines) is 1. The minimum Gasteiger partial charge on any atom is -0.460 e. The molecular weight excluding hydrogens is 323 g/mol. The molecule has 1 fully saturated rings. The molecule has 24 heavy (non-hydrogen) atoms. The maximum atomic E-state index is 12.7. The molecule has 0 atom stereocenters. The predicted molar refractivity (Wildman–Crippen MR) is 84.6 cm³/mol. The molecule has 0 bridgehead atoms. The molecule has 0 amide bonds. The zero-order valence-corrected chi connectivity index (χ0v) is 13.4. The van der Waals surface area contributed by atoms with Crippen molar-refractivity contribution in [1.29, 1.82) is 0 Å². The van der Waals surface area contributed by atoms with Crippen LogP contribution < -0.4 is 5.43 Å². The Balaban J connectivity index is 2.18. The van der Waals surface area contributed by atoms with Crippen molar-refractivity contribution < 1.29 is 22.7 Å². The molecule has 132 valence electrons. The first-order chi connectivity index (χ1) is 11.4. The van der Waals surface area contributed by atoms with Crippen molar-refractivity contribution in [2.45, 2.75) is 32.4 Å². The fourth-order valence-electron chi connectivity index (χ4n) is 2.43. The van der Waals surface area contributed by atoms with Gasteiger partial charge >= 0.3 is 12.1 Å². The molecule has 1 aromatic carbocycles. The summed E-state index contributed by atoms with van der Waals surface area (Å²) in [6, 6.07) is 4.66. The van der Waals surface area contributed by atoms with Crippen LogP contribution in [-0.4, -0.2) is 36.4 Å². The summed E-state index contributed by atoms with van der Waals surface area (Å²) in [5.41, 5.74) is 1.92. The summed E-state index contributed by atoms with van der Waals surface area (Å²) in [6.07, 6.45) is -1.49. The van der Waals surface area contributed by atoms with E-state index in [2.05, 4.69) is 10.5 Å². The SMILES string of the molecule is CCOC(=O)/C(=N/Nc1cccc(C(F)(F)F)c1)N1CCCCC1. The molecule has 2 rings (SSSR count). The molecule has 1 aliphatic heterocycles. The molecule has 1 heterocycles. The van der Waals surface area contributed by atoms with Crippen LogP contribution in [0.2, 0.25) is 0 Å². The second-order valence-corrected chi connectivity index (χ2v) is 5.39. The number of rotatable bonds is 3. The zero-order valence-electron chi connectivity index (χ0n) is 13.4. The number of halogens is 3. The van der Waals surface area contributed by atoms with E-state index in [0.29, 0.717) is 13.1 Å². The van der Waals surface area contributed by atoms with E-state index < -0.39 is 17.7 Å². The summed E-state index contributed by atoms with van der Waals surface area (Å²) in [5.74, 6) is -0.493. The van der Waals surface area contributed by atoms with E-state index in [1.807, 2.05) is 0 Å². The lowest BCUT2D eigenvalue weighted by atomic mass is 10.1. The highest BCUT2D eigenvalue weighted by molar-refractivity contribution is 6.35. The molecule has 1 N–H and O–H groups in total. The molecule has 0 spiro atoms. The van der Waals surface area contributed by atoms with Crippen LogP contribution in [0.1, 0.15) is 31.7 Å². The van der Waals surface area contributed by atoms with Gasteiger partial charge in [0.05, 0.1) is 17.9 Å². The monoisotopic (exact) mass is 343 g/mol. The third-order valence-electron chi connectivity index (χ3n) is 3.59. The van der Waals surface area contributed by atoms with Crippen molar-refractivity contribution in [2.75, 3.05) is 25.1 Å². The van der Waals surface area contributed by atoms with Gasteiger partial charge in [0.1, 0.15) is 0 Å². The smallest absolute Gasteiger partial charge is 0.416 e. The Morgan fingerprint density at radius 3 is 2.62 bits per heavy atom. The van der Waals surface area contributed by atoms with Gasteiger partial charge in [0.25, 0.3) is 0 Å². The number of hydrazone groups is 1. The van der Waals surface area contributed by atoms with Crippen molar-refractivity contribution in [3.8, 4) is 0 Å². The minimum atomic E-state index is -4.43. The summed E-state index contributed by atoms with van der Waals surface area (Å²) < 4.78 is 43.2. The van der Waals surface area contributed by atoms with Crippen molar-refractivity contribution in [2.24, 2.45) is 5.10 Å². The highest BCUT2D eigenvalue weighted by Crippen LogP contribution is 2.30. The van der Waals surface area contributed by atoms with Gasteiger partial charge in [0, 0.05) is 13.1 Å². The number of ether oxygens (including phenoxy) is 1. The Kier molecular flexibility index (Phi) is 6.05. The van der Waals surface area contributed by atoms with E-state index in [-0.39, 0.29) is 18.1 Å². The molecule has 1 saturated heterocycles. The number of nitrogens with one attached hydrogen (secondary N) is 1. The average molecular weight is 343 g/mol. The van der Waals surface area contributed by atoms with Gasteiger partial charge in [0.15, 0.2) is 0 Å². The van der Waals surface area contributed by atoms with Crippen molar-refractivity contribution in [1.82, 2.24) is 4.90 Å². The molecule has 0 saturated carbocycles. The molecule has 0 aromatic heterocycles. The van der Waals surface area contributed by atoms with Gasteiger partial charge in [-0.3, -0.25) is 5.43 Å². The summed E-state index contributed by atoms with van der Waals surface area (Å²) in [6.45, 7) is 3.23. The van der Waals surface area contributed by atoms with E-state index >= 15 is 0 Å². The summed E-state index contributed by atoms with van der Waals surface area (Å²) in [7, 11) is 0. The van der Waals surface area contributed by atoms with Gasteiger partial charge < -0.3 is 9.64 Å². The topological polar surface area (TPSA) is 53.9 Å². The second-order valence-electron chi connectivity index (χ2n) is 5.39. The standard InChI is InChI=1S/C16H20F3N3O2/c1-2-24-15(23)14(22-9-4-3-5-10-22)21-20-13-8-6-7-12(11-13)16(17,18)19/h6-8,11,20H,2-5,9-10H2,1H3/b21-14-. The predicted octanol–water partition coefficient (Wildman–Crippen LogP) is 3.48. The van der Waals surface area contributed by atoms with Crippen LogP contribution in [0.25, 0.3) is 0 Å². The van der Waals surface area contributed by atoms with Gasteiger partial charge in [-0.15, -0.1) is 5.10 Å². The Bertz CT molecular complexity index is 596. The van der Waals surface area contributed by atoms with E-state index in [0.717, 1.165) is 31.4 Å². The molecule has 5 nitrogen and oxygen atoms in total. The number of hydrogen-bond donors (Lipinski definition) is 1. The number of nitrogens with zero attached hydrogens (tertiary/aromatic N) is 2.